The summed E-state index contributed by atoms with van der Waals surface area (Å²) in [6.07, 6.45) is 1.34. The second-order valence-electron chi connectivity index (χ2n) is 4.57. The molecule has 1 aliphatic heterocycles. The number of nitrogens with zero attached hydrogens (tertiary/aromatic N) is 1. The normalized spacial score (nSPS) is 12.8. The average molecular weight is 265 g/mol. The molecule has 0 bridgehead atoms. The molecule has 2 rings (SSSR count). The van der Waals surface area contributed by atoms with Crippen LogP contribution in [0.5, 0.6) is 11.5 Å². The lowest BCUT2D eigenvalue weighted by atomic mass is 10.1. The molecule has 1 heterocycles. The molecule has 0 N–H and O–H groups in total. The molecule has 104 valence electrons. The highest BCUT2D eigenvalue weighted by Crippen LogP contribution is 2.32. The van der Waals surface area contributed by atoms with Gasteiger partial charge in [0.1, 0.15) is 0 Å². The summed E-state index contributed by atoms with van der Waals surface area (Å²) in [7, 11) is 3.41. The molecule has 5 nitrogen and oxygen atoms in total. The van der Waals surface area contributed by atoms with E-state index in [1.165, 1.54) is 12.7 Å². The Morgan fingerprint density at radius 1 is 1.32 bits per heavy atom. The smallest absolute Gasteiger partial charge is 0.306 e. The van der Waals surface area contributed by atoms with Crippen LogP contribution in [0, 0.1) is 0 Å². The van der Waals surface area contributed by atoms with Crippen molar-refractivity contribution in [1.29, 1.82) is 0 Å². The molecule has 0 aromatic heterocycles. The van der Waals surface area contributed by atoms with Crippen molar-refractivity contribution in [1.82, 2.24) is 4.90 Å². The summed E-state index contributed by atoms with van der Waals surface area (Å²) in [5, 5.41) is 0. The Labute approximate surface area is 113 Å². The predicted molar refractivity (Wildman–Crippen MR) is 70.4 cm³/mol. The van der Waals surface area contributed by atoms with E-state index in [1.54, 1.807) is 0 Å². The van der Waals surface area contributed by atoms with Gasteiger partial charge >= 0.3 is 5.97 Å². The monoisotopic (exact) mass is 265 g/mol. The van der Waals surface area contributed by atoms with Crippen molar-refractivity contribution in [2.24, 2.45) is 0 Å². The third kappa shape index (κ3) is 3.86. The molecule has 0 unspecified atom stereocenters. The molecule has 5 heteroatoms. The summed E-state index contributed by atoms with van der Waals surface area (Å²) in [6, 6.07) is 5.99. The van der Waals surface area contributed by atoms with Gasteiger partial charge in [0.15, 0.2) is 11.5 Å². The first-order chi connectivity index (χ1) is 9.19. The van der Waals surface area contributed by atoms with Crippen molar-refractivity contribution >= 4 is 5.97 Å². The molecule has 0 spiro atoms. The number of hydrogen-bond acceptors (Lipinski definition) is 5. The van der Waals surface area contributed by atoms with Crippen LogP contribution in [0.3, 0.4) is 0 Å². The Hall–Kier alpha value is -1.75. The van der Waals surface area contributed by atoms with E-state index < -0.39 is 0 Å². The zero-order valence-electron chi connectivity index (χ0n) is 11.3. The minimum absolute atomic E-state index is 0.171. The van der Waals surface area contributed by atoms with E-state index in [-0.39, 0.29) is 5.97 Å². The summed E-state index contributed by atoms with van der Waals surface area (Å²) in [5.41, 5.74) is 1.20. The molecule has 0 aliphatic carbocycles. The van der Waals surface area contributed by atoms with E-state index in [0.29, 0.717) is 19.8 Å². The van der Waals surface area contributed by atoms with Crippen LogP contribution < -0.4 is 9.47 Å². The van der Waals surface area contributed by atoms with Gasteiger partial charge in [0.25, 0.3) is 0 Å². The summed E-state index contributed by atoms with van der Waals surface area (Å²) in [5.74, 6) is 1.45. The van der Waals surface area contributed by atoms with Gasteiger partial charge in [-0.25, -0.2) is 0 Å². The maximum absolute atomic E-state index is 11.0. The van der Waals surface area contributed by atoms with Crippen LogP contribution in [0.4, 0.5) is 0 Å². The number of carbonyl (C=O) groups excluding carboxylic acids is 1. The van der Waals surface area contributed by atoms with Crippen LogP contribution >= 0.6 is 0 Å². The zero-order chi connectivity index (χ0) is 13.7. The van der Waals surface area contributed by atoms with E-state index in [9.17, 15) is 4.79 Å². The summed E-state index contributed by atoms with van der Waals surface area (Å²) in [4.78, 5) is 13.2. The Morgan fingerprint density at radius 3 is 2.89 bits per heavy atom. The fraction of sp³-hybridized carbons (Fsp3) is 0.500. The van der Waals surface area contributed by atoms with Crippen LogP contribution in [0.15, 0.2) is 18.2 Å². The number of benzene rings is 1. The summed E-state index contributed by atoms with van der Waals surface area (Å²) >= 11 is 0. The highest BCUT2D eigenvalue weighted by Gasteiger charge is 2.13. The number of fused-ring (bicyclic) bond motifs is 1. The number of rotatable bonds is 6. The molecule has 0 atom stereocenters. The van der Waals surface area contributed by atoms with Crippen molar-refractivity contribution < 1.29 is 19.0 Å². The molecule has 1 aromatic rings. The van der Waals surface area contributed by atoms with Crippen molar-refractivity contribution in [3.63, 3.8) is 0 Å². The standard InChI is InChI=1S/C14H19NO4/c1-15(8-6-14(16)17-2)7-5-11-3-4-12-13(9-11)19-10-18-12/h3-4,9H,5-8,10H2,1-2H3. The van der Waals surface area contributed by atoms with Crippen LogP contribution in [0.25, 0.3) is 0 Å². The zero-order valence-corrected chi connectivity index (χ0v) is 11.3. The van der Waals surface area contributed by atoms with Gasteiger partial charge in [0.2, 0.25) is 6.79 Å². The van der Waals surface area contributed by atoms with E-state index >= 15 is 0 Å². The number of ether oxygens (including phenoxy) is 3. The largest absolute Gasteiger partial charge is 0.469 e. The lowest BCUT2D eigenvalue weighted by Crippen LogP contribution is -2.24. The van der Waals surface area contributed by atoms with Gasteiger partial charge in [-0.3, -0.25) is 4.79 Å². The lowest BCUT2D eigenvalue weighted by Gasteiger charge is -2.15. The van der Waals surface area contributed by atoms with Crippen LogP contribution in [0.1, 0.15) is 12.0 Å². The van der Waals surface area contributed by atoms with Gasteiger partial charge in [-0.05, 0) is 31.2 Å². The van der Waals surface area contributed by atoms with Crippen molar-refractivity contribution in [3.8, 4) is 11.5 Å². The van der Waals surface area contributed by atoms with Crippen LogP contribution in [0.2, 0.25) is 0 Å². The van der Waals surface area contributed by atoms with Gasteiger partial charge < -0.3 is 19.1 Å². The first-order valence-electron chi connectivity index (χ1n) is 6.33. The summed E-state index contributed by atoms with van der Waals surface area (Å²) < 4.78 is 15.2. The third-order valence-corrected chi connectivity index (χ3v) is 3.14. The fourth-order valence-corrected chi connectivity index (χ4v) is 1.91. The quantitative estimate of drug-likeness (QED) is 0.729. The summed E-state index contributed by atoms with van der Waals surface area (Å²) in [6.45, 7) is 1.89. The average Bonchev–Trinajstić information content (AvgIpc) is 2.89. The molecule has 0 saturated carbocycles. The number of carbonyl (C=O) groups is 1. The predicted octanol–water partition coefficient (Wildman–Crippen LogP) is 1.45. The van der Waals surface area contributed by atoms with E-state index in [2.05, 4.69) is 9.64 Å². The maximum Gasteiger partial charge on any atom is 0.306 e. The van der Waals surface area contributed by atoms with E-state index in [4.69, 9.17) is 9.47 Å². The molecular weight excluding hydrogens is 246 g/mol. The SMILES string of the molecule is COC(=O)CCN(C)CCc1ccc2c(c1)OCO2. The Balaban J connectivity index is 1.77. The van der Waals surface area contributed by atoms with Gasteiger partial charge in [-0.2, -0.15) is 0 Å². The van der Waals surface area contributed by atoms with Crippen LogP contribution in [-0.4, -0.2) is 44.9 Å². The van der Waals surface area contributed by atoms with Gasteiger partial charge in [-0.1, -0.05) is 6.07 Å². The molecule has 0 amide bonds. The minimum Gasteiger partial charge on any atom is -0.469 e. The molecule has 1 aromatic carbocycles. The second kappa shape index (κ2) is 6.43. The van der Waals surface area contributed by atoms with Crippen molar-refractivity contribution in [2.45, 2.75) is 12.8 Å². The van der Waals surface area contributed by atoms with E-state index in [1.807, 2.05) is 25.2 Å². The van der Waals surface area contributed by atoms with E-state index in [0.717, 1.165) is 24.5 Å². The Kier molecular flexibility index (Phi) is 4.63. The van der Waals surface area contributed by atoms with Crippen LogP contribution in [-0.2, 0) is 16.0 Å². The number of likely N-dealkylation sites (N-methyl/N-ethyl adjacent to an activating group) is 1. The third-order valence-electron chi connectivity index (χ3n) is 3.14. The van der Waals surface area contributed by atoms with Gasteiger partial charge in [0, 0.05) is 13.1 Å². The van der Waals surface area contributed by atoms with Gasteiger partial charge in [0.05, 0.1) is 13.5 Å². The Morgan fingerprint density at radius 2 is 2.11 bits per heavy atom. The fourth-order valence-electron chi connectivity index (χ4n) is 1.91. The van der Waals surface area contributed by atoms with Crippen molar-refractivity contribution in [3.05, 3.63) is 23.8 Å². The molecular formula is C14H19NO4. The second-order valence-corrected chi connectivity index (χ2v) is 4.57. The van der Waals surface area contributed by atoms with Gasteiger partial charge in [-0.15, -0.1) is 0 Å². The topological polar surface area (TPSA) is 48.0 Å². The van der Waals surface area contributed by atoms with Crippen molar-refractivity contribution in [2.75, 3.05) is 34.0 Å². The number of hydrogen-bond donors (Lipinski definition) is 0. The minimum atomic E-state index is -0.171. The number of esters is 1. The molecule has 0 radical (unpaired) electrons. The molecule has 19 heavy (non-hydrogen) atoms. The lowest BCUT2D eigenvalue weighted by molar-refractivity contribution is -0.140. The number of methoxy groups -OCH3 is 1. The highest BCUT2D eigenvalue weighted by molar-refractivity contribution is 5.69. The molecule has 1 aliphatic rings. The first kappa shape index (κ1) is 13.7. The maximum atomic E-state index is 11.0. The Bertz CT molecular complexity index is 447. The molecule has 0 fully saturated rings. The molecule has 0 saturated heterocycles. The highest BCUT2D eigenvalue weighted by atomic mass is 16.7. The first-order valence-corrected chi connectivity index (χ1v) is 6.33.